The summed E-state index contributed by atoms with van der Waals surface area (Å²) in [6.45, 7) is 3.70. The molecule has 1 aromatic rings. The summed E-state index contributed by atoms with van der Waals surface area (Å²) < 4.78 is 5.42. The molecule has 1 saturated heterocycles. The van der Waals surface area contributed by atoms with Crippen LogP contribution in [0.25, 0.3) is 0 Å². The van der Waals surface area contributed by atoms with Crippen molar-refractivity contribution in [1.29, 1.82) is 0 Å². The second kappa shape index (κ2) is 9.45. The first-order valence-corrected chi connectivity index (χ1v) is 8.59. The Bertz CT molecular complexity index is 814. The molecule has 0 spiro atoms. The van der Waals surface area contributed by atoms with E-state index in [1.165, 1.54) is 30.4 Å². The summed E-state index contributed by atoms with van der Waals surface area (Å²) in [6, 6.07) is 3.96. The molecular formula is C19H20N2O7. The van der Waals surface area contributed by atoms with Gasteiger partial charge < -0.3 is 14.9 Å². The Morgan fingerprint density at radius 3 is 2.50 bits per heavy atom. The maximum atomic E-state index is 12.1. The van der Waals surface area contributed by atoms with Crippen molar-refractivity contribution in [2.45, 2.75) is 32.7 Å². The third kappa shape index (κ3) is 5.50. The molecule has 1 N–H and O–H groups in total. The Labute approximate surface area is 161 Å². The highest BCUT2D eigenvalue weighted by molar-refractivity contribution is 6.03. The lowest BCUT2D eigenvalue weighted by Gasteiger charge is -2.13. The number of hydroxylamine groups is 2. The van der Waals surface area contributed by atoms with Gasteiger partial charge in [0.15, 0.2) is 6.29 Å². The summed E-state index contributed by atoms with van der Waals surface area (Å²) in [7, 11) is 0. The first kappa shape index (κ1) is 20.8. The minimum Gasteiger partial charge on any atom is -0.489 e. The van der Waals surface area contributed by atoms with Crippen LogP contribution in [0.4, 0.5) is 0 Å². The molecule has 0 unspecified atom stereocenters. The quantitative estimate of drug-likeness (QED) is 0.403. The number of rotatable bonds is 8. The highest BCUT2D eigenvalue weighted by Gasteiger charge is 2.33. The van der Waals surface area contributed by atoms with Crippen LogP contribution in [-0.4, -0.2) is 47.7 Å². The van der Waals surface area contributed by atoms with Crippen molar-refractivity contribution >= 4 is 30.0 Å². The predicted molar refractivity (Wildman–Crippen MR) is 96.2 cm³/mol. The molecular weight excluding hydrogens is 368 g/mol. The van der Waals surface area contributed by atoms with Gasteiger partial charge in [0.25, 0.3) is 11.8 Å². The van der Waals surface area contributed by atoms with Crippen molar-refractivity contribution in [2.75, 3.05) is 6.61 Å². The van der Waals surface area contributed by atoms with Crippen LogP contribution in [0.1, 0.15) is 47.4 Å². The zero-order chi connectivity index (χ0) is 20.7. The lowest BCUT2D eigenvalue weighted by molar-refractivity contribution is -0.172. The van der Waals surface area contributed by atoms with Gasteiger partial charge in [0, 0.05) is 25.0 Å². The summed E-state index contributed by atoms with van der Waals surface area (Å²) in [4.78, 5) is 62.7. The SMILES string of the molecule is CC(C)NC(=O)/C=C/COc1ccc(C(=O)ON2C(=O)CCC2=O)cc1C=O. The first-order valence-electron chi connectivity index (χ1n) is 8.59. The first-order chi connectivity index (χ1) is 13.3. The van der Waals surface area contributed by atoms with Gasteiger partial charge in [-0.15, -0.1) is 5.06 Å². The number of benzene rings is 1. The van der Waals surface area contributed by atoms with Crippen LogP contribution >= 0.6 is 0 Å². The topological polar surface area (TPSA) is 119 Å². The zero-order valence-electron chi connectivity index (χ0n) is 15.5. The van der Waals surface area contributed by atoms with Crippen LogP contribution < -0.4 is 10.1 Å². The van der Waals surface area contributed by atoms with E-state index < -0.39 is 17.8 Å². The number of carbonyl (C=O) groups excluding carboxylic acids is 5. The summed E-state index contributed by atoms with van der Waals surface area (Å²) >= 11 is 0. The predicted octanol–water partition coefficient (Wildman–Crippen LogP) is 1.18. The van der Waals surface area contributed by atoms with E-state index in [1.54, 1.807) is 0 Å². The molecule has 9 heteroatoms. The molecule has 9 nitrogen and oxygen atoms in total. The van der Waals surface area contributed by atoms with Crippen molar-refractivity contribution in [2.24, 2.45) is 0 Å². The van der Waals surface area contributed by atoms with Crippen molar-refractivity contribution in [3.8, 4) is 5.75 Å². The van der Waals surface area contributed by atoms with Crippen LogP contribution in [0.5, 0.6) is 5.75 Å². The summed E-state index contributed by atoms with van der Waals surface area (Å²) in [5.41, 5.74) is 0.0577. The molecule has 0 aromatic heterocycles. The van der Waals surface area contributed by atoms with Crippen LogP contribution in [0.3, 0.4) is 0 Å². The van der Waals surface area contributed by atoms with Gasteiger partial charge in [-0.25, -0.2) is 4.79 Å². The third-order valence-corrected chi connectivity index (χ3v) is 3.59. The number of nitrogens with one attached hydrogen (secondary N) is 1. The molecule has 148 valence electrons. The fraction of sp³-hybridized carbons (Fsp3) is 0.316. The van der Waals surface area contributed by atoms with Gasteiger partial charge >= 0.3 is 5.97 Å². The smallest absolute Gasteiger partial charge is 0.363 e. The number of nitrogens with zero attached hydrogens (tertiary/aromatic N) is 1. The maximum absolute atomic E-state index is 12.1. The maximum Gasteiger partial charge on any atom is 0.363 e. The molecule has 1 aliphatic heterocycles. The molecule has 28 heavy (non-hydrogen) atoms. The average molecular weight is 388 g/mol. The fourth-order valence-corrected chi connectivity index (χ4v) is 2.32. The van der Waals surface area contributed by atoms with E-state index in [0.29, 0.717) is 11.3 Å². The van der Waals surface area contributed by atoms with Crippen LogP contribution in [0, 0.1) is 0 Å². The molecule has 0 radical (unpaired) electrons. The fourth-order valence-electron chi connectivity index (χ4n) is 2.32. The number of imide groups is 1. The van der Waals surface area contributed by atoms with Crippen molar-refractivity contribution in [1.82, 2.24) is 10.4 Å². The molecule has 1 heterocycles. The van der Waals surface area contributed by atoms with Crippen molar-refractivity contribution in [3.05, 3.63) is 41.5 Å². The summed E-state index contributed by atoms with van der Waals surface area (Å²) in [6.07, 6.45) is 3.27. The van der Waals surface area contributed by atoms with Gasteiger partial charge in [0.2, 0.25) is 5.91 Å². The second-order valence-corrected chi connectivity index (χ2v) is 6.21. The van der Waals surface area contributed by atoms with Crippen molar-refractivity contribution in [3.63, 3.8) is 0 Å². The van der Waals surface area contributed by atoms with Crippen LogP contribution in [-0.2, 0) is 19.2 Å². The van der Waals surface area contributed by atoms with Gasteiger partial charge in [-0.05, 0) is 38.1 Å². The third-order valence-electron chi connectivity index (χ3n) is 3.59. The van der Waals surface area contributed by atoms with Crippen molar-refractivity contribution < 1.29 is 33.5 Å². The van der Waals surface area contributed by atoms with Gasteiger partial charge in [-0.3, -0.25) is 19.2 Å². The molecule has 0 bridgehead atoms. The molecule has 0 saturated carbocycles. The average Bonchev–Trinajstić information content (AvgIpc) is 2.96. The van der Waals surface area contributed by atoms with E-state index in [4.69, 9.17) is 9.57 Å². The number of aldehydes is 1. The number of ether oxygens (including phenoxy) is 1. The molecule has 1 fully saturated rings. The largest absolute Gasteiger partial charge is 0.489 e. The number of hydrogen-bond donors (Lipinski definition) is 1. The van der Waals surface area contributed by atoms with Gasteiger partial charge in [0.1, 0.15) is 12.4 Å². The van der Waals surface area contributed by atoms with E-state index in [-0.39, 0.29) is 48.3 Å². The Morgan fingerprint density at radius 2 is 1.89 bits per heavy atom. The highest BCUT2D eigenvalue weighted by atomic mass is 16.7. The molecule has 1 aliphatic rings. The van der Waals surface area contributed by atoms with E-state index in [0.717, 1.165) is 0 Å². The summed E-state index contributed by atoms with van der Waals surface area (Å²) in [5.74, 6) is -2.19. The van der Waals surface area contributed by atoms with Crippen LogP contribution in [0.2, 0.25) is 0 Å². The highest BCUT2D eigenvalue weighted by Crippen LogP contribution is 2.20. The van der Waals surface area contributed by atoms with Gasteiger partial charge in [0.05, 0.1) is 11.1 Å². The summed E-state index contributed by atoms with van der Waals surface area (Å²) in [5, 5.41) is 3.11. The van der Waals surface area contributed by atoms with E-state index in [1.807, 2.05) is 13.8 Å². The monoisotopic (exact) mass is 388 g/mol. The van der Waals surface area contributed by atoms with Gasteiger partial charge in [-0.2, -0.15) is 0 Å². The van der Waals surface area contributed by atoms with E-state index in [9.17, 15) is 24.0 Å². The molecule has 0 atom stereocenters. The Kier molecular flexibility index (Phi) is 7.02. The number of hydrogen-bond acceptors (Lipinski definition) is 7. The Morgan fingerprint density at radius 1 is 1.21 bits per heavy atom. The van der Waals surface area contributed by atoms with Crippen LogP contribution in [0.15, 0.2) is 30.4 Å². The molecule has 1 aromatic carbocycles. The Hall–Kier alpha value is -3.49. The van der Waals surface area contributed by atoms with E-state index in [2.05, 4.69) is 5.32 Å². The lowest BCUT2D eigenvalue weighted by Crippen LogP contribution is -2.32. The number of amides is 3. The normalized spacial score (nSPS) is 13.9. The molecule has 3 amide bonds. The lowest BCUT2D eigenvalue weighted by atomic mass is 10.1. The second-order valence-electron chi connectivity index (χ2n) is 6.21. The Balaban J connectivity index is 1.99. The minimum atomic E-state index is -0.941. The minimum absolute atomic E-state index is 0.0122. The zero-order valence-corrected chi connectivity index (χ0v) is 15.5. The van der Waals surface area contributed by atoms with E-state index >= 15 is 0 Å². The molecule has 2 rings (SSSR count). The van der Waals surface area contributed by atoms with Gasteiger partial charge in [-0.1, -0.05) is 0 Å². The number of carbonyl (C=O) groups is 5. The molecule has 0 aliphatic carbocycles. The standard InChI is InChI=1S/C19H20N2O7/c1-12(2)20-16(23)4-3-9-27-15-6-5-13(10-14(15)11-22)19(26)28-21-17(24)7-8-18(21)25/h3-6,10-12H,7-9H2,1-2H3,(H,20,23)/b4-3+.